The van der Waals surface area contributed by atoms with Gasteiger partial charge in [0.2, 0.25) is 5.95 Å². The van der Waals surface area contributed by atoms with Crippen LogP contribution < -0.4 is 14.8 Å². The number of nitrogens with zero attached hydrogens (tertiary/aromatic N) is 4. The number of benzene rings is 2. The van der Waals surface area contributed by atoms with Crippen LogP contribution in [0.5, 0.6) is 11.5 Å². The first-order chi connectivity index (χ1) is 14.5. The van der Waals surface area contributed by atoms with E-state index in [9.17, 15) is 0 Å². The minimum Gasteiger partial charge on any atom is -0.493 e. The van der Waals surface area contributed by atoms with Crippen LogP contribution in [0.15, 0.2) is 34.8 Å². The van der Waals surface area contributed by atoms with E-state index in [2.05, 4.69) is 43.7 Å². The Bertz CT molecular complexity index is 979. The Balaban J connectivity index is 1.72. The Morgan fingerprint density at radius 3 is 2.67 bits per heavy atom. The monoisotopic (exact) mass is 513 g/mol. The van der Waals surface area contributed by atoms with E-state index in [1.54, 1.807) is 30.0 Å². The van der Waals surface area contributed by atoms with Crippen molar-refractivity contribution in [2.24, 2.45) is 0 Å². The van der Waals surface area contributed by atoms with E-state index in [1.807, 2.05) is 12.1 Å². The molecule has 0 saturated carbocycles. The van der Waals surface area contributed by atoms with Crippen molar-refractivity contribution in [3.05, 3.63) is 56.0 Å². The van der Waals surface area contributed by atoms with Gasteiger partial charge in [-0.15, -0.1) is 0 Å². The van der Waals surface area contributed by atoms with Crippen molar-refractivity contribution < 1.29 is 9.47 Å². The number of tetrazole rings is 1. The normalized spacial score (nSPS) is 10.8. The van der Waals surface area contributed by atoms with E-state index in [4.69, 9.17) is 32.7 Å². The van der Waals surface area contributed by atoms with Gasteiger partial charge in [-0.05, 0) is 62.6 Å². The van der Waals surface area contributed by atoms with Crippen LogP contribution >= 0.6 is 39.1 Å². The Kier molecular flexibility index (Phi) is 8.18. The van der Waals surface area contributed by atoms with Crippen LogP contribution in [0.3, 0.4) is 0 Å². The lowest BCUT2D eigenvalue weighted by Crippen LogP contribution is -2.09. The molecule has 0 amide bonds. The molecule has 0 radical (unpaired) electrons. The van der Waals surface area contributed by atoms with Crippen molar-refractivity contribution in [2.75, 3.05) is 12.4 Å². The molecule has 0 spiro atoms. The van der Waals surface area contributed by atoms with Gasteiger partial charge >= 0.3 is 0 Å². The molecule has 0 aliphatic carbocycles. The van der Waals surface area contributed by atoms with Crippen LogP contribution in [0.4, 0.5) is 5.95 Å². The van der Waals surface area contributed by atoms with Crippen LogP contribution in [0.2, 0.25) is 10.0 Å². The van der Waals surface area contributed by atoms with Crippen molar-refractivity contribution in [2.45, 2.75) is 39.5 Å². The predicted molar refractivity (Wildman–Crippen MR) is 122 cm³/mol. The molecule has 3 rings (SSSR count). The van der Waals surface area contributed by atoms with E-state index < -0.39 is 0 Å². The highest BCUT2D eigenvalue weighted by atomic mass is 79.9. The highest BCUT2D eigenvalue weighted by molar-refractivity contribution is 9.10. The summed E-state index contributed by atoms with van der Waals surface area (Å²) >= 11 is 16.0. The topological polar surface area (TPSA) is 74.1 Å². The molecule has 0 fully saturated rings. The number of hydrogen-bond acceptors (Lipinski definition) is 6. The van der Waals surface area contributed by atoms with Crippen LogP contribution in [-0.4, -0.2) is 27.3 Å². The molecule has 0 atom stereocenters. The van der Waals surface area contributed by atoms with Crippen LogP contribution in [0.1, 0.15) is 30.9 Å². The first-order valence-electron chi connectivity index (χ1n) is 9.45. The number of anilines is 1. The van der Waals surface area contributed by atoms with Crippen LogP contribution in [0.25, 0.3) is 0 Å². The maximum atomic E-state index is 6.24. The second kappa shape index (κ2) is 10.8. The lowest BCUT2D eigenvalue weighted by molar-refractivity contribution is 0.282. The molecule has 10 heteroatoms. The summed E-state index contributed by atoms with van der Waals surface area (Å²) < 4.78 is 14.0. The summed E-state index contributed by atoms with van der Waals surface area (Å²) in [7, 11) is 1.60. The fourth-order valence-electron chi connectivity index (χ4n) is 2.80. The minimum atomic E-state index is 0.220. The molecule has 3 aromatic rings. The second-order valence-corrected chi connectivity index (χ2v) is 8.20. The average molecular weight is 515 g/mol. The lowest BCUT2D eigenvalue weighted by atomic mass is 10.2. The molecule has 0 saturated heterocycles. The van der Waals surface area contributed by atoms with E-state index in [0.29, 0.717) is 34.0 Å². The first kappa shape index (κ1) is 22.7. The van der Waals surface area contributed by atoms with E-state index in [0.717, 1.165) is 35.0 Å². The Labute approximate surface area is 193 Å². The molecule has 30 heavy (non-hydrogen) atoms. The van der Waals surface area contributed by atoms with Gasteiger partial charge in [-0.1, -0.05) is 47.7 Å². The maximum absolute atomic E-state index is 6.24. The molecule has 0 aliphatic rings. The van der Waals surface area contributed by atoms with Crippen molar-refractivity contribution in [1.82, 2.24) is 20.2 Å². The third-order valence-corrected chi connectivity index (χ3v) is 5.72. The number of hydrogen-bond donors (Lipinski definition) is 1. The SMILES string of the molecule is CCCCn1nnnc1NCc1cc(Br)c(OCc2c(Cl)cccc2Cl)c(OC)c1. The molecule has 1 aromatic heterocycles. The zero-order chi connectivity index (χ0) is 21.5. The molecule has 0 unspecified atom stereocenters. The fourth-order valence-corrected chi connectivity index (χ4v) is 3.91. The average Bonchev–Trinajstić information content (AvgIpc) is 3.18. The van der Waals surface area contributed by atoms with Gasteiger partial charge < -0.3 is 14.8 Å². The van der Waals surface area contributed by atoms with Gasteiger partial charge in [-0.3, -0.25) is 0 Å². The molecule has 1 heterocycles. The molecule has 7 nitrogen and oxygen atoms in total. The number of methoxy groups -OCH3 is 1. The molecule has 0 bridgehead atoms. The number of aryl methyl sites for hydroxylation is 1. The quantitative estimate of drug-likeness (QED) is 0.371. The number of ether oxygens (including phenoxy) is 2. The number of halogens is 3. The highest BCUT2D eigenvalue weighted by Gasteiger charge is 2.15. The smallest absolute Gasteiger partial charge is 0.243 e. The lowest BCUT2D eigenvalue weighted by Gasteiger charge is -2.16. The van der Waals surface area contributed by atoms with E-state index in [1.165, 1.54) is 0 Å². The van der Waals surface area contributed by atoms with Crippen LogP contribution in [-0.2, 0) is 19.7 Å². The molecular formula is C20H22BrCl2N5O2. The van der Waals surface area contributed by atoms with Crippen molar-refractivity contribution in [1.29, 1.82) is 0 Å². The summed E-state index contributed by atoms with van der Waals surface area (Å²) in [5, 5.41) is 16.2. The van der Waals surface area contributed by atoms with Gasteiger partial charge in [0.25, 0.3) is 0 Å². The van der Waals surface area contributed by atoms with Crippen molar-refractivity contribution in [3.8, 4) is 11.5 Å². The van der Waals surface area contributed by atoms with Gasteiger partial charge in [-0.2, -0.15) is 0 Å². The number of unbranched alkanes of at least 4 members (excludes halogenated alkanes) is 1. The number of aromatic nitrogens is 4. The fraction of sp³-hybridized carbons (Fsp3) is 0.350. The molecule has 160 valence electrons. The summed E-state index contributed by atoms with van der Waals surface area (Å²) in [4.78, 5) is 0. The summed E-state index contributed by atoms with van der Waals surface area (Å²) in [5.74, 6) is 1.80. The number of nitrogens with one attached hydrogen (secondary N) is 1. The molecular weight excluding hydrogens is 493 g/mol. The summed E-state index contributed by atoms with van der Waals surface area (Å²) in [6, 6.07) is 9.22. The largest absolute Gasteiger partial charge is 0.493 e. The van der Waals surface area contributed by atoms with Gasteiger partial charge in [0.05, 0.1) is 11.6 Å². The summed E-state index contributed by atoms with van der Waals surface area (Å²) in [5.41, 5.74) is 1.70. The van der Waals surface area contributed by atoms with E-state index in [-0.39, 0.29) is 6.61 Å². The maximum Gasteiger partial charge on any atom is 0.243 e. The Morgan fingerprint density at radius 2 is 1.97 bits per heavy atom. The molecule has 2 aromatic carbocycles. The van der Waals surface area contributed by atoms with Gasteiger partial charge in [0, 0.05) is 28.7 Å². The van der Waals surface area contributed by atoms with Crippen molar-refractivity contribution >= 4 is 45.1 Å². The predicted octanol–water partition coefficient (Wildman–Crippen LogP) is 5.74. The Morgan fingerprint density at radius 1 is 1.20 bits per heavy atom. The Hall–Kier alpha value is -2.03. The van der Waals surface area contributed by atoms with Gasteiger partial charge in [0.1, 0.15) is 6.61 Å². The van der Waals surface area contributed by atoms with Crippen molar-refractivity contribution in [3.63, 3.8) is 0 Å². The zero-order valence-electron chi connectivity index (χ0n) is 16.7. The number of rotatable bonds is 10. The van der Waals surface area contributed by atoms with Crippen LogP contribution in [0, 0.1) is 0 Å². The first-order valence-corrected chi connectivity index (χ1v) is 11.0. The molecule has 1 N–H and O–H groups in total. The summed E-state index contributed by atoms with van der Waals surface area (Å²) in [6.45, 7) is 3.65. The van der Waals surface area contributed by atoms with Gasteiger partial charge in [0.15, 0.2) is 11.5 Å². The van der Waals surface area contributed by atoms with Gasteiger partial charge in [-0.25, -0.2) is 4.68 Å². The minimum absolute atomic E-state index is 0.220. The summed E-state index contributed by atoms with van der Waals surface area (Å²) in [6.07, 6.45) is 2.09. The highest BCUT2D eigenvalue weighted by Crippen LogP contribution is 2.38. The standard InChI is InChI=1S/C20H22BrCl2N5O2/c1-3-4-8-28-20(25-26-27-28)24-11-13-9-15(21)19(18(10-13)29-2)30-12-14-16(22)6-5-7-17(14)23/h5-7,9-10H,3-4,8,11-12H2,1-2H3,(H,24,25,27). The molecule has 0 aliphatic heterocycles. The third-order valence-electron chi connectivity index (χ3n) is 4.42. The zero-order valence-corrected chi connectivity index (χ0v) is 19.8. The third kappa shape index (κ3) is 5.56. The second-order valence-electron chi connectivity index (χ2n) is 6.53. The van der Waals surface area contributed by atoms with E-state index >= 15 is 0 Å².